The molecule has 0 radical (unpaired) electrons. The average Bonchev–Trinajstić information content (AvgIpc) is 2.48. The summed E-state index contributed by atoms with van der Waals surface area (Å²) in [7, 11) is 0. The number of nitrogen functional groups attached to an aromatic ring is 1. The van der Waals surface area contributed by atoms with Gasteiger partial charge in [0.05, 0.1) is 5.69 Å². The highest BCUT2D eigenvalue weighted by atomic mass is 16.4. The molecule has 0 aromatic carbocycles. The second-order valence-corrected chi connectivity index (χ2v) is 4.38. The smallest absolute Gasteiger partial charge is 0.371 e. The van der Waals surface area contributed by atoms with Gasteiger partial charge in [-0.3, -0.25) is 4.98 Å². The van der Waals surface area contributed by atoms with E-state index in [2.05, 4.69) is 15.0 Å². The predicted octanol–water partition coefficient (Wildman–Crippen LogP) is 1.22. The minimum atomic E-state index is -1.38. The fourth-order valence-corrected chi connectivity index (χ4v) is 1.65. The van der Waals surface area contributed by atoms with E-state index in [1.54, 1.807) is 24.7 Å². The van der Waals surface area contributed by atoms with Crippen molar-refractivity contribution >= 4 is 18.0 Å². The van der Waals surface area contributed by atoms with Crippen LogP contribution in [0.1, 0.15) is 16.8 Å². The lowest BCUT2D eigenvalue weighted by Gasteiger charge is -2.02. The summed E-state index contributed by atoms with van der Waals surface area (Å²) < 4.78 is 0. The molecule has 2 rings (SSSR count). The Morgan fingerprint density at radius 3 is 2.24 bits per heavy atom. The van der Waals surface area contributed by atoms with E-state index in [1.165, 1.54) is 0 Å². The Morgan fingerprint density at radius 1 is 1.05 bits per heavy atom. The number of carboxylic acids is 1. The highest BCUT2D eigenvalue weighted by Crippen LogP contribution is 2.08. The Kier molecular flexibility index (Phi) is 4.45. The number of aliphatic hydroxyl groups excluding tert-OH is 1. The van der Waals surface area contributed by atoms with Gasteiger partial charge in [-0.1, -0.05) is 6.07 Å². The van der Waals surface area contributed by atoms with E-state index in [0.717, 1.165) is 30.0 Å². The van der Waals surface area contributed by atoms with E-state index in [-0.39, 0.29) is 5.95 Å². The lowest BCUT2D eigenvalue weighted by atomic mass is 10.1. The fraction of sp³-hybridized carbons (Fsp3) is 0.143. The molecule has 7 heteroatoms. The van der Waals surface area contributed by atoms with E-state index >= 15 is 0 Å². The molecular formula is C14H14N4O3. The second kappa shape index (κ2) is 6.47. The van der Waals surface area contributed by atoms with Gasteiger partial charge in [-0.2, -0.15) is 0 Å². The van der Waals surface area contributed by atoms with Crippen LogP contribution >= 0.6 is 0 Å². The van der Waals surface area contributed by atoms with Crippen molar-refractivity contribution in [3.63, 3.8) is 0 Å². The third-order valence-corrected chi connectivity index (χ3v) is 2.78. The first-order valence-electron chi connectivity index (χ1n) is 6.20. The number of aliphatic hydroxyl groups is 1. The number of rotatable bonds is 5. The number of nitrogens with two attached hydrogens (primary N) is 1. The molecule has 0 aliphatic heterocycles. The van der Waals surface area contributed by atoms with Gasteiger partial charge in [-0.15, -0.1) is 0 Å². The van der Waals surface area contributed by atoms with Gasteiger partial charge < -0.3 is 15.9 Å². The number of carboxylic acid groups (broad SMARTS) is 1. The van der Waals surface area contributed by atoms with Crippen LogP contribution in [0.5, 0.6) is 0 Å². The summed E-state index contributed by atoms with van der Waals surface area (Å²) in [6.45, 7) is 0. The molecule has 0 atom stereocenters. The summed E-state index contributed by atoms with van der Waals surface area (Å²) in [5.74, 6) is -1.88. The summed E-state index contributed by atoms with van der Waals surface area (Å²) in [6.07, 6.45) is 7.58. The van der Waals surface area contributed by atoms with Gasteiger partial charge in [-0.25, -0.2) is 14.8 Å². The molecule has 108 valence electrons. The molecule has 0 unspecified atom stereocenters. The van der Waals surface area contributed by atoms with Gasteiger partial charge in [0.25, 0.3) is 0 Å². The molecular weight excluding hydrogens is 272 g/mol. The van der Waals surface area contributed by atoms with Gasteiger partial charge in [0.1, 0.15) is 0 Å². The maximum absolute atomic E-state index is 10.5. The summed E-state index contributed by atoms with van der Waals surface area (Å²) >= 11 is 0. The third kappa shape index (κ3) is 4.27. The zero-order valence-electron chi connectivity index (χ0n) is 11.1. The lowest BCUT2D eigenvalue weighted by Crippen LogP contribution is -2.00. The van der Waals surface area contributed by atoms with Crippen molar-refractivity contribution in [2.24, 2.45) is 0 Å². The molecule has 4 N–H and O–H groups in total. The zero-order valence-corrected chi connectivity index (χ0v) is 11.1. The number of aromatic nitrogens is 3. The molecule has 0 aliphatic carbocycles. The van der Waals surface area contributed by atoms with Crippen molar-refractivity contribution in [1.29, 1.82) is 0 Å². The van der Waals surface area contributed by atoms with E-state index in [0.29, 0.717) is 5.69 Å². The number of nitrogens with zero attached hydrogens (tertiary/aromatic N) is 3. The number of anilines is 1. The van der Waals surface area contributed by atoms with Crippen LogP contribution in [0.4, 0.5) is 5.95 Å². The Bertz CT molecular complexity index is 651. The van der Waals surface area contributed by atoms with E-state index in [1.807, 2.05) is 6.07 Å². The van der Waals surface area contributed by atoms with Crippen LogP contribution in [0.3, 0.4) is 0 Å². The third-order valence-electron chi connectivity index (χ3n) is 2.78. The van der Waals surface area contributed by atoms with Gasteiger partial charge in [0.2, 0.25) is 11.7 Å². The first kappa shape index (κ1) is 14.4. The molecule has 21 heavy (non-hydrogen) atoms. The zero-order chi connectivity index (χ0) is 15.2. The standard InChI is InChI=1S/C14H14N4O3/c15-14-17-7-10(8-18-14)2-1-9-3-4-11(16-6-9)5-12(19)13(20)21/h3-8,19H,1-2H2,(H,20,21)(H2,15,17,18)/b12-5-. The number of aliphatic carboxylic acids is 1. The Labute approximate surface area is 120 Å². The van der Waals surface area contributed by atoms with Crippen LogP contribution in [0.25, 0.3) is 6.08 Å². The maximum atomic E-state index is 10.5. The van der Waals surface area contributed by atoms with Crippen LogP contribution in [0.15, 0.2) is 36.5 Å². The van der Waals surface area contributed by atoms with Crippen molar-refractivity contribution in [3.8, 4) is 0 Å². The number of pyridine rings is 1. The molecule has 7 nitrogen and oxygen atoms in total. The molecule has 0 saturated heterocycles. The van der Waals surface area contributed by atoms with Gasteiger partial charge in [0, 0.05) is 24.7 Å². The summed E-state index contributed by atoms with van der Waals surface area (Å²) in [4.78, 5) is 22.4. The largest absolute Gasteiger partial charge is 0.502 e. The normalized spacial score (nSPS) is 11.3. The molecule has 0 saturated carbocycles. The summed E-state index contributed by atoms with van der Waals surface area (Å²) in [5, 5.41) is 17.7. The van der Waals surface area contributed by atoms with Crippen LogP contribution in [0.2, 0.25) is 0 Å². The SMILES string of the molecule is Nc1ncc(CCc2ccc(/C=C(\O)C(=O)O)nc2)cn1. The van der Waals surface area contributed by atoms with Crippen LogP contribution in [-0.4, -0.2) is 31.1 Å². The molecule has 2 aromatic rings. The van der Waals surface area contributed by atoms with Gasteiger partial charge in [-0.05, 0) is 30.0 Å². The molecule has 0 spiro atoms. The first-order valence-corrected chi connectivity index (χ1v) is 6.20. The number of hydrogen-bond donors (Lipinski definition) is 3. The minimum absolute atomic E-state index is 0.245. The highest BCUT2D eigenvalue weighted by molar-refractivity contribution is 5.88. The van der Waals surface area contributed by atoms with E-state index in [4.69, 9.17) is 15.9 Å². The Balaban J connectivity index is 1.98. The molecule has 2 heterocycles. The molecule has 2 aromatic heterocycles. The van der Waals surface area contributed by atoms with Crippen LogP contribution in [0, 0.1) is 0 Å². The van der Waals surface area contributed by atoms with Crippen LogP contribution < -0.4 is 5.73 Å². The quantitative estimate of drug-likeness (QED) is 0.558. The number of carbonyl (C=O) groups is 1. The first-order chi connectivity index (χ1) is 10.0. The summed E-state index contributed by atoms with van der Waals surface area (Å²) in [6, 6.07) is 3.47. The molecule has 0 aliphatic rings. The number of hydrogen-bond acceptors (Lipinski definition) is 6. The van der Waals surface area contributed by atoms with Crippen molar-refractivity contribution in [1.82, 2.24) is 15.0 Å². The monoisotopic (exact) mass is 286 g/mol. The average molecular weight is 286 g/mol. The van der Waals surface area contributed by atoms with Gasteiger partial charge in [0.15, 0.2) is 0 Å². The highest BCUT2D eigenvalue weighted by Gasteiger charge is 2.04. The van der Waals surface area contributed by atoms with E-state index in [9.17, 15) is 4.79 Å². The molecule has 0 bridgehead atoms. The topological polar surface area (TPSA) is 122 Å². The van der Waals surface area contributed by atoms with Gasteiger partial charge >= 0.3 is 5.97 Å². The van der Waals surface area contributed by atoms with Crippen molar-refractivity contribution in [2.45, 2.75) is 12.8 Å². The lowest BCUT2D eigenvalue weighted by molar-refractivity contribution is -0.135. The Morgan fingerprint density at radius 2 is 1.67 bits per heavy atom. The van der Waals surface area contributed by atoms with Crippen molar-refractivity contribution in [2.75, 3.05) is 5.73 Å². The second-order valence-electron chi connectivity index (χ2n) is 4.38. The molecule has 0 amide bonds. The Hall–Kier alpha value is -2.96. The maximum Gasteiger partial charge on any atom is 0.371 e. The number of aryl methyl sites for hydroxylation is 2. The predicted molar refractivity (Wildman–Crippen MR) is 76.3 cm³/mol. The van der Waals surface area contributed by atoms with Crippen molar-refractivity contribution < 1.29 is 15.0 Å². The van der Waals surface area contributed by atoms with Crippen molar-refractivity contribution in [3.05, 3.63) is 53.3 Å². The fourth-order valence-electron chi connectivity index (χ4n) is 1.65. The minimum Gasteiger partial charge on any atom is -0.502 e. The summed E-state index contributed by atoms with van der Waals surface area (Å²) in [5.41, 5.74) is 7.75. The molecule has 0 fully saturated rings. The van der Waals surface area contributed by atoms with Crippen LogP contribution in [-0.2, 0) is 17.6 Å². The van der Waals surface area contributed by atoms with E-state index < -0.39 is 11.7 Å².